The molecule has 0 saturated heterocycles. The van der Waals surface area contributed by atoms with E-state index in [9.17, 15) is 13.2 Å². The summed E-state index contributed by atoms with van der Waals surface area (Å²) < 4.78 is 37.0. The van der Waals surface area contributed by atoms with Crippen molar-refractivity contribution in [2.45, 2.75) is 11.8 Å². The molecule has 0 unspecified atom stereocenters. The maximum atomic E-state index is 12.3. The fraction of sp³-hybridized carbons (Fsp3) is 0.176. The molecule has 7 nitrogen and oxygen atoms in total. The molecule has 0 atom stereocenters. The maximum Gasteiger partial charge on any atom is 0.265 e. The third-order valence-corrected chi connectivity index (χ3v) is 4.59. The molecule has 2 aromatic carbocycles. The summed E-state index contributed by atoms with van der Waals surface area (Å²) in [5, 5.41) is 8.75. The Hall–Kier alpha value is -3.05. The largest absolute Gasteiger partial charge is 0.493 e. The highest BCUT2D eigenvalue weighted by Crippen LogP contribution is 2.28. The Balaban J connectivity index is 2.25. The molecule has 0 fully saturated rings. The highest BCUT2D eigenvalue weighted by atomic mass is 32.2. The van der Waals surface area contributed by atoms with Gasteiger partial charge in [0, 0.05) is 5.56 Å². The number of amides is 1. The van der Waals surface area contributed by atoms with Crippen molar-refractivity contribution in [1.82, 2.24) is 4.72 Å². The first-order valence-corrected chi connectivity index (χ1v) is 8.77. The zero-order chi connectivity index (χ0) is 18.4. The van der Waals surface area contributed by atoms with Gasteiger partial charge in [-0.1, -0.05) is 0 Å². The van der Waals surface area contributed by atoms with Crippen LogP contribution in [0.4, 0.5) is 0 Å². The van der Waals surface area contributed by atoms with Gasteiger partial charge in [0.05, 0.1) is 30.2 Å². The zero-order valence-corrected chi connectivity index (χ0v) is 14.5. The van der Waals surface area contributed by atoms with Crippen LogP contribution >= 0.6 is 0 Å². The van der Waals surface area contributed by atoms with Crippen LogP contribution in [0, 0.1) is 11.3 Å². The van der Waals surface area contributed by atoms with Crippen molar-refractivity contribution in [3.63, 3.8) is 0 Å². The van der Waals surface area contributed by atoms with Gasteiger partial charge in [-0.25, -0.2) is 13.1 Å². The third-order valence-electron chi connectivity index (χ3n) is 3.25. The van der Waals surface area contributed by atoms with E-state index in [1.807, 2.05) is 10.8 Å². The molecule has 0 aliphatic rings. The fourth-order valence-electron chi connectivity index (χ4n) is 2.03. The van der Waals surface area contributed by atoms with Crippen LogP contribution in [0.5, 0.6) is 11.5 Å². The van der Waals surface area contributed by atoms with E-state index < -0.39 is 15.9 Å². The summed E-state index contributed by atoms with van der Waals surface area (Å²) in [7, 11) is -2.59. The fourth-order valence-corrected chi connectivity index (χ4v) is 3.01. The van der Waals surface area contributed by atoms with Gasteiger partial charge in [-0.15, -0.1) is 0 Å². The van der Waals surface area contributed by atoms with Gasteiger partial charge in [-0.2, -0.15) is 5.26 Å². The minimum Gasteiger partial charge on any atom is -0.493 e. The Morgan fingerprint density at radius 3 is 2.40 bits per heavy atom. The summed E-state index contributed by atoms with van der Waals surface area (Å²) in [5.74, 6) is -0.0188. The first-order chi connectivity index (χ1) is 11.9. The average molecular weight is 360 g/mol. The molecule has 0 aliphatic heterocycles. The number of sulfonamides is 1. The Morgan fingerprint density at radius 1 is 1.16 bits per heavy atom. The number of methoxy groups -OCH3 is 1. The lowest BCUT2D eigenvalue weighted by molar-refractivity contribution is 0.0981. The molecule has 2 aromatic rings. The van der Waals surface area contributed by atoms with E-state index in [1.165, 1.54) is 49.6 Å². The molecule has 0 bridgehead atoms. The van der Waals surface area contributed by atoms with Gasteiger partial charge in [0.1, 0.15) is 0 Å². The molecule has 1 amide bonds. The lowest BCUT2D eigenvalue weighted by atomic mass is 10.2. The number of nitrogens with zero attached hydrogens (tertiary/aromatic N) is 1. The number of nitrogens with one attached hydrogen (secondary N) is 1. The van der Waals surface area contributed by atoms with Gasteiger partial charge in [-0.3, -0.25) is 4.79 Å². The third kappa shape index (κ3) is 4.28. The number of carbonyl (C=O) groups is 1. The molecule has 0 saturated carbocycles. The van der Waals surface area contributed by atoms with E-state index in [1.54, 1.807) is 6.92 Å². The van der Waals surface area contributed by atoms with Crippen molar-refractivity contribution >= 4 is 15.9 Å². The molecule has 1 N–H and O–H groups in total. The highest BCUT2D eigenvalue weighted by Gasteiger charge is 2.20. The summed E-state index contributed by atoms with van der Waals surface area (Å²) in [4.78, 5) is 12.2. The van der Waals surface area contributed by atoms with Gasteiger partial charge in [0.15, 0.2) is 11.5 Å². The average Bonchev–Trinajstić information content (AvgIpc) is 2.61. The van der Waals surface area contributed by atoms with Crippen LogP contribution in [0.25, 0.3) is 0 Å². The van der Waals surface area contributed by atoms with Gasteiger partial charge in [0.2, 0.25) is 0 Å². The van der Waals surface area contributed by atoms with Crippen LogP contribution in [0.3, 0.4) is 0 Å². The number of hydrogen-bond donors (Lipinski definition) is 1. The van der Waals surface area contributed by atoms with Gasteiger partial charge in [-0.05, 0) is 49.4 Å². The molecule has 8 heteroatoms. The lowest BCUT2D eigenvalue weighted by Gasteiger charge is -2.11. The van der Waals surface area contributed by atoms with Crippen molar-refractivity contribution in [3.05, 3.63) is 53.6 Å². The van der Waals surface area contributed by atoms with Crippen LogP contribution in [-0.4, -0.2) is 28.0 Å². The van der Waals surface area contributed by atoms with Crippen molar-refractivity contribution in [1.29, 1.82) is 5.26 Å². The smallest absolute Gasteiger partial charge is 0.265 e. The molecule has 130 valence electrons. The summed E-state index contributed by atoms with van der Waals surface area (Å²) >= 11 is 0. The molecule has 2 rings (SSSR count). The number of nitriles is 1. The van der Waals surface area contributed by atoms with E-state index in [2.05, 4.69) is 0 Å². The zero-order valence-electron chi connectivity index (χ0n) is 13.6. The predicted molar refractivity (Wildman–Crippen MR) is 90.0 cm³/mol. The monoisotopic (exact) mass is 360 g/mol. The molecule has 25 heavy (non-hydrogen) atoms. The predicted octanol–water partition coefficient (Wildman–Crippen LogP) is 2.08. The second-order valence-electron chi connectivity index (χ2n) is 4.87. The number of carbonyl (C=O) groups excluding carboxylic acids is 1. The standard InChI is InChI=1S/C17H16N2O5S/c1-3-24-16-10-13(6-9-15(16)23-2)17(20)19-25(21,22)14-7-4-12(11-18)5-8-14/h4-10H,3H2,1-2H3,(H,19,20). The maximum absolute atomic E-state index is 12.3. The molecule has 0 aromatic heterocycles. The van der Waals surface area contributed by atoms with Crippen molar-refractivity contribution < 1.29 is 22.7 Å². The van der Waals surface area contributed by atoms with Crippen LogP contribution < -0.4 is 14.2 Å². The molecular weight excluding hydrogens is 344 g/mol. The second-order valence-corrected chi connectivity index (χ2v) is 6.55. The summed E-state index contributed by atoms with van der Waals surface area (Å²) in [6.07, 6.45) is 0. The molecule has 0 heterocycles. The molecule has 0 radical (unpaired) electrons. The number of hydrogen-bond acceptors (Lipinski definition) is 6. The summed E-state index contributed by atoms with van der Waals surface area (Å²) in [5.41, 5.74) is 0.434. The first-order valence-electron chi connectivity index (χ1n) is 7.29. The second kappa shape index (κ2) is 7.68. The van der Waals surface area contributed by atoms with E-state index in [4.69, 9.17) is 14.7 Å². The first kappa shape index (κ1) is 18.3. The van der Waals surface area contributed by atoms with Crippen LogP contribution in [0.1, 0.15) is 22.8 Å². The van der Waals surface area contributed by atoms with Gasteiger partial charge >= 0.3 is 0 Å². The van der Waals surface area contributed by atoms with E-state index >= 15 is 0 Å². The van der Waals surface area contributed by atoms with Crippen LogP contribution in [0.15, 0.2) is 47.4 Å². The summed E-state index contributed by atoms with van der Waals surface area (Å²) in [6, 6.07) is 11.5. The van der Waals surface area contributed by atoms with E-state index in [0.717, 1.165) is 0 Å². The Kier molecular flexibility index (Phi) is 5.62. The normalized spacial score (nSPS) is 10.6. The van der Waals surface area contributed by atoms with Crippen molar-refractivity contribution in [2.24, 2.45) is 0 Å². The number of benzene rings is 2. The Labute approximate surface area is 145 Å². The van der Waals surface area contributed by atoms with Gasteiger partial charge in [0.25, 0.3) is 15.9 Å². The molecular formula is C17H16N2O5S. The summed E-state index contributed by atoms with van der Waals surface area (Å²) in [6.45, 7) is 2.15. The highest BCUT2D eigenvalue weighted by molar-refractivity contribution is 7.90. The Morgan fingerprint density at radius 2 is 1.84 bits per heavy atom. The topological polar surface area (TPSA) is 105 Å². The minimum atomic E-state index is -4.05. The van der Waals surface area contributed by atoms with Crippen molar-refractivity contribution in [2.75, 3.05) is 13.7 Å². The molecule has 0 spiro atoms. The van der Waals surface area contributed by atoms with Crippen LogP contribution in [-0.2, 0) is 10.0 Å². The van der Waals surface area contributed by atoms with Gasteiger partial charge < -0.3 is 9.47 Å². The number of rotatable bonds is 6. The van der Waals surface area contributed by atoms with Crippen LogP contribution in [0.2, 0.25) is 0 Å². The number of ether oxygens (including phenoxy) is 2. The quantitative estimate of drug-likeness (QED) is 0.845. The SMILES string of the molecule is CCOc1cc(C(=O)NS(=O)(=O)c2ccc(C#N)cc2)ccc1OC. The van der Waals surface area contributed by atoms with E-state index in [-0.39, 0.29) is 10.5 Å². The molecule has 0 aliphatic carbocycles. The Bertz CT molecular complexity index is 915. The minimum absolute atomic E-state index is 0.112. The lowest BCUT2D eigenvalue weighted by Crippen LogP contribution is -2.30. The van der Waals surface area contributed by atoms with Crippen molar-refractivity contribution in [3.8, 4) is 17.6 Å². The van der Waals surface area contributed by atoms with E-state index in [0.29, 0.717) is 23.7 Å².